The van der Waals surface area contributed by atoms with E-state index in [1.165, 1.54) is 24.1 Å². The van der Waals surface area contributed by atoms with Crippen molar-refractivity contribution in [3.05, 3.63) is 108 Å². The number of oxazole rings is 1. The van der Waals surface area contributed by atoms with Gasteiger partial charge in [-0.15, -0.1) is 10.2 Å². The van der Waals surface area contributed by atoms with Crippen LogP contribution in [0.2, 0.25) is 0 Å². The lowest BCUT2D eigenvalue weighted by Gasteiger charge is -2.13. The minimum absolute atomic E-state index is 0.105. The van der Waals surface area contributed by atoms with Crippen LogP contribution in [-0.4, -0.2) is 30.6 Å². The molecule has 3 aromatic heterocycles. The van der Waals surface area contributed by atoms with Crippen LogP contribution in [0.3, 0.4) is 0 Å². The monoisotopic (exact) mass is 536 g/mol. The number of alkyl halides is 3. The fraction of sp³-hybridized carbons (Fsp3) is 0.115. The predicted octanol–water partition coefficient (Wildman–Crippen LogP) is 5.56. The van der Waals surface area contributed by atoms with Gasteiger partial charge in [-0.25, -0.2) is 4.98 Å². The van der Waals surface area contributed by atoms with E-state index in [1.54, 1.807) is 53.4 Å². The molecule has 0 aliphatic heterocycles. The number of carbonyl (C=O) groups excluding carboxylic acids is 1. The smallest absolute Gasteiger partial charge is 0.416 e. The molecule has 0 aliphatic carbocycles. The van der Waals surface area contributed by atoms with Crippen LogP contribution in [0.25, 0.3) is 17.1 Å². The van der Waals surface area contributed by atoms with Gasteiger partial charge in [0.15, 0.2) is 16.7 Å². The van der Waals surface area contributed by atoms with Gasteiger partial charge in [0.05, 0.1) is 17.0 Å². The van der Waals surface area contributed by atoms with Crippen LogP contribution in [-0.2, 0) is 18.5 Å². The first-order valence-corrected chi connectivity index (χ1v) is 12.3. The zero-order valence-electron chi connectivity index (χ0n) is 19.6. The first-order chi connectivity index (χ1) is 18.4. The Labute approximate surface area is 219 Å². The van der Waals surface area contributed by atoms with Crippen LogP contribution < -0.4 is 5.32 Å². The molecule has 0 aliphatic rings. The number of hydrogen-bond acceptors (Lipinski definition) is 7. The van der Waals surface area contributed by atoms with Crippen molar-refractivity contribution in [2.24, 2.45) is 0 Å². The summed E-state index contributed by atoms with van der Waals surface area (Å²) in [6.45, 7) is 0.284. The Hall–Kier alpha value is -4.45. The van der Waals surface area contributed by atoms with Crippen molar-refractivity contribution in [1.82, 2.24) is 30.0 Å². The molecule has 0 fully saturated rings. The highest BCUT2D eigenvalue weighted by Gasteiger charge is 2.31. The maximum atomic E-state index is 13.4. The van der Waals surface area contributed by atoms with Gasteiger partial charge in [0.1, 0.15) is 6.26 Å². The highest BCUT2D eigenvalue weighted by Crippen LogP contribution is 2.34. The predicted molar refractivity (Wildman–Crippen MR) is 133 cm³/mol. The Balaban J connectivity index is 1.36. The van der Waals surface area contributed by atoms with Crippen LogP contribution in [0.5, 0.6) is 0 Å². The average molecular weight is 537 g/mol. The van der Waals surface area contributed by atoms with Crippen molar-refractivity contribution in [3.63, 3.8) is 0 Å². The van der Waals surface area contributed by atoms with E-state index in [-0.39, 0.29) is 29.6 Å². The Bertz CT molecular complexity index is 1540. The molecule has 12 heteroatoms. The van der Waals surface area contributed by atoms with Crippen molar-refractivity contribution in [1.29, 1.82) is 0 Å². The van der Waals surface area contributed by atoms with Gasteiger partial charge >= 0.3 is 6.18 Å². The van der Waals surface area contributed by atoms with Gasteiger partial charge < -0.3 is 9.73 Å². The molecular weight excluding hydrogens is 517 g/mol. The number of rotatable bonds is 8. The topological polar surface area (TPSA) is 98.7 Å². The summed E-state index contributed by atoms with van der Waals surface area (Å²) in [4.78, 5) is 20.7. The number of carbonyl (C=O) groups is 1. The van der Waals surface area contributed by atoms with Crippen molar-refractivity contribution in [3.8, 4) is 17.1 Å². The zero-order chi connectivity index (χ0) is 26.5. The fourth-order valence-electron chi connectivity index (χ4n) is 3.58. The number of thioether (sulfide) groups is 1. The summed E-state index contributed by atoms with van der Waals surface area (Å²) >= 11 is 1.17. The van der Waals surface area contributed by atoms with Gasteiger partial charge in [0.2, 0.25) is 5.89 Å². The largest absolute Gasteiger partial charge is 0.447 e. The maximum Gasteiger partial charge on any atom is 0.416 e. The Morgan fingerprint density at radius 3 is 2.63 bits per heavy atom. The normalized spacial score (nSPS) is 11.4. The lowest BCUT2D eigenvalue weighted by Crippen LogP contribution is -2.23. The van der Waals surface area contributed by atoms with E-state index in [0.29, 0.717) is 16.5 Å². The minimum Gasteiger partial charge on any atom is -0.447 e. The number of aromatic nitrogens is 5. The lowest BCUT2D eigenvalue weighted by atomic mass is 10.1. The summed E-state index contributed by atoms with van der Waals surface area (Å²) in [6.07, 6.45) is 0.0384. The minimum atomic E-state index is -4.50. The Morgan fingerprint density at radius 2 is 1.87 bits per heavy atom. The van der Waals surface area contributed by atoms with Gasteiger partial charge in [0, 0.05) is 24.5 Å². The van der Waals surface area contributed by atoms with Gasteiger partial charge in [0.25, 0.3) is 5.91 Å². The molecular formula is C26H19F3N6O2S. The first-order valence-electron chi connectivity index (χ1n) is 11.3. The maximum absolute atomic E-state index is 13.4. The molecule has 0 saturated carbocycles. The third-order valence-corrected chi connectivity index (χ3v) is 6.30. The zero-order valence-corrected chi connectivity index (χ0v) is 20.4. The number of halogens is 3. The number of amides is 1. The molecule has 3 heterocycles. The second kappa shape index (κ2) is 10.9. The summed E-state index contributed by atoms with van der Waals surface area (Å²) in [5.74, 6) is 0.394. The summed E-state index contributed by atoms with van der Waals surface area (Å²) in [5.41, 5.74) is 1.10. The van der Waals surface area contributed by atoms with Gasteiger partial charge in [-0.05, 0) is 29.8 Å². The molecule has 5 rings (SSSR count). The number of hydrogen-bond donors (Lipinski definition) is 1. The number of nitrogens with zero attached hydrogens (tertiary/aromatic N) is 5. The van der Waals surface area contributed by atoms with E-state index >= 15 is 0 Å². The molecule has 5 aromatic rings. The molecule has 0 unspecified atom stereocenters. The molecule has 0 bridgehead atoms. The van der Waals surface area contributed by atoms with Gasteiger partial charge in [-0.3, -0.25) is 14.3 Å². The third kappa shape index (κ3) is 5.75. The molecule has 1 amide bonds. The highest BCUT2D eigenvalue weighted by molar-refractivity contribution is 7.98. The van der Waals surface area contributed by atoms with E-state index in [9.17, 15) is 18.0 Å². The SMILES string of the molecule is O=C(NCc1cccnc1)c1coc(CSc2nnc(-c3ccccc3)n2-c2cccc(C(F)(F)F)c2)n1. The molecule has 192 valence electrons. The second-order valence-corrected chi connectivity index (χ2v) is 8.96. The van der Waals surface area contributed by atoms with Gasteiger partial charge in [-0.1, -0.05) is 54.2 Å². The molecule has 0 atom stereocenters. The molecule has 38 heavy (non-hydrogen) atoms. The highest BCUT2D eigenvalue weighted by atomic mass is 32.2. The van der Waals surface area contributed by atoms with E-state index in [2.05, 4.69) is 25.5 Å². The summed E-state index contributed by atoms with van der Waals surface area (Å²) in [5, 5.41) is 11.5. The average Bonchev–Trinajstić information content (AvgIpc) is 3.59. The quantitative estimate of drug-likeness (QED) is 0.259. The number of benzene rings is 2. The summed E-state index contributed by atoms with van der Waals surface area (Å²) < 4.78 is 47.3. The van der Waals surface area contributed by atoms with E-state index in [0.717, 1.165) is 17.7 Å². The van der Waals surface area contributed by atoms with Crippen molar-refractivity contribution in [2.75, 3.05) is 0 Å². The molecule has 0 spiro atoms. The Morgan fingerprint density at radius 1 is 1.03 bits per heavy atom. The van der Waals surface area contributed by atoms with E-state index in [1.807, 2.05) is 12.1 Å². The van der Waals surface area contributed by atoms with Crippen LogP contribution in [0, 0.1) is 0 Å². The third-order valence-electron chi connectivity index (χ3n) is 5.38. The standard InChI is InChI=1S/C26H19F3N6O2S/c27-26(28,29)19-9-4-10-20(12-19)35-23(18-7-2-1-3-8-18)33-34-25(35)38-16-22-32-21(15-37-22)24(36)31-14-17-6-5-11-30-13-17/h1-13,15H,14,16H2,(H,31,36). The lowest BCUT2D eigenvalue weighted by molar-refractivity contribution is -0.137. The van der Waals surface area contributed by atoms with Crippen LogP contribution in [0.15, 0.2) is 95.0 Å². The number of pyridine rings is 1. The second-order valence-electron chi connectivity index (χ2n) is 8.01. The van der Waals surface area contributed by atoms with Gasteiger partial charge in [-0.2, -0.15) is 13.2 Å². The van der Waals surface area contributed by atoms with Crippen molar-refractivity contribution in [2.45, 2.75) is 23.6 Å². The van der Waals surface area contributed by atoms with Crippen LogP contribution in [0.1, 0.15) is 27.5 Å². The van der Waals surface area contributed by atoms with Crippen LogP contribution >= 0.6 is 11.8 Å². The fourth-order valence-corrected chi connectivity index (χ4v) is 4.38. The molecule has 2 aromatic carbocycles. The van der Waals surface area contributed by atoms with E-state index in [4.69, 9.17) is 4.42 Å². The molecule has 8 nitrogen and oxygen atoms in total. The van der Waals surface area contributed by atoms with E-state index < -0.39 is 17.6 Å². The summed E-state index contributed by atoms with van der Waals surface area (Å²) in [6, 6.07) is 17.6. The molecule has 0 saturated heterocycles. The Kier molecular flexibility index (Phi) is 7.22. The first kappa shape index (κ1) is 25.2. The number of nitrogens with one attached hydrogen (secondary N) is 1. The van der Waals surface area contributed by atoms with Crippen molar-refractivity contribution < 1.29 is 22.4 Å². The van der Waals surface area contributed by atoms with Crippen molar-refractivity contribution >= 4 is 17.7 Å². The molecule has 0 radical (unpaired) electrons. The molecule has 1 N–H and O–H groups in total. The summed E-state index contributed by atoms with van der Waals surface area (Å²) in [7, 11) is 0. The van der Waals surface area contributed by atoms with Crippen LogP contribution in [0.4, 0.5) is 13.2 Å².